The van der Waals surface area contributed by atoms with Crippen LogP contribution in [0.2, 0.25) is 0 Å². The minimum absolute atomic E-state index is 0.0674. The highest BCUT2D eigenvalue weighted by molar-refractivity contribution is 5.81. The molecule has 130 valence electrons. The maximum atomic E-state index is 12.5. The lowest BCUT2D eigenvalue weighted by atomic mass is 9.69. The topological polar surface area (TPSA) is 40.5 Å². The van der Waals surface area contributed by atoms with Crippen LogP contribution in [-0.2, 0) is 4.79 Å². The van der Waals surface area contributed by atoms with Crippen LogP contribution in [0.15, 0.2) is 30.3 Å². The van der Waals surface area contributed by atoms with Gasteiger partial charge in [0.05, 0.1) is 5.60 Å². The molecule has 1 aromatic rings. The molecule has 2 aliphatic carbocycles. The standard InChI is InChI=1S/C21H29NO2/c1-15(16-6-4-3-5-7-16)17-8-9-21(12-17)13-22(14-21)19(23)18-10-20(2,24)11-18/h3-7,15,17-18,24H,8-14H2,1-2H3/t15-,17+,18?,20?/m0/s1. The third kappa shape index (κ3) is 2.77. The normalized spacial score (nSPS) is 35.4. The largest absolute Gasteiger partial charge is 0.390 e. The van der Waals surface area contributed by atoms with E-state index in [4.69, 9.17) is 0 Å². The number of carbonyl (C=O) groups excluding carboxylic acids is 1. The zero-order valence-electron chi connectivity index (χ0n) is 14.9. The lowest BCUT2D eigenvalue weighted by molar-refractivity contribution is -0.161. The summed E-state index contributed by atoms with van der Waals surface area (Å²) in [5.74, 6) is 1.70. The monoisotopic (exact) mass is 327 g/mol. The molecule has 3 nitrogen and oxygen atoms in total. The minimum atomic E-state index is -0.605. The second-order valence-corrected chi connectivity index (χ2v) is 9.00. The van der Waals surface area contributed by atoms with Crippen LogP contribution in [0, 0.1) is 17.3 Å². The summed E-state index contributed by atoms with van der Waals surface area (Å²) in [6, 6.07) is 10.8. The van der Waals surface area contributed by atoms with Crippen molar-refractivity contribution in [1.29, 1.82) is 0 Å². The first-order chi connectivity index (χ1) is 11.4. The molecule has 0 unspecified atom stereocenters. The van der Waals surface area contributed by atoms with E-state index < -0.39 is 5.60 Å². The lowest BCUT2D eigenvalue weighted by Gasteiger charge is -2.52. The molecular formula is C21H29NO2. The first-order valence-corrected chi connectivity index (χ1v) is 9.44. The van der Waals surface area contributed by atoms with Crippen molar-refractivity contribution in [3.63, 3.8) is 0 Å². The van der Waals surface area contributed by atoms with Crippen LogP contribution in [0.1, 0.15) is 57.4 Å². The predicted octanol–water partition coefficient (Wildman–Crippen LogP) is 3.58. The molecule has 0 bridgehead atoms. The molecule has 1 N–H and O–H groups in total. The maximum Gasteiger partial charge on any atom is 0.225 e. The summed E-state index contributed by atoms with van der Waals surface area (Å²) in [5.41, 5.74) is 1.23. The molecule has 24 heavy (non-hydrogen) atoms. The van der Waals surface area contributed by atoms with E-state index >= 15 is 0 Å². The Hall–Kier alpha value is -1.35. The van der Waals surface area contributed by atoms with E-state index in [0.717, 1.165) is 19.0 Å². The molecule has 4 rings (SSSR count). The summed E-state index contributed by atoms with van der Waals surface area (Å²) >= 11 is 0. The summed E-state index contributed by atoms with van der Waals surface area (Å²) in [6.45, 7) is 6.09. The van der Waals surface area contributed by atoms with E-state index in [2.05, 4.69) is 42.2 Å². The van der Waals surface area contributed by atoms with Gasteiger partial charge in [-0.15, -0.1) is 0 Å². The van der Waals surface area contributed by atoms with Crippen LogP contribution in [-0.4, -0.2) is 34.6 Å². The number of amides is 1. The summed E-state index contributed by atoms with van der Waals surface area (Å²) < 4.78 is 0. The number of carbonyl (C=O) groups is 1. The third-order valence-electron chi connectivity index (χ3n) is 6.86. The van der Waals surface area contributed by atoms with E-state index in [-0.39, 0.29) is 11.8 Å². The van der Waals surface area contributed by atoms with Crippen molar-refractivity contribution in [3.05, 3.63) is 35.9 Å². The van der Waals surface area contributed by atoms with E-state index in [0.29, 0.717) is 24.2 Å². The van der Waals surface area contributed by atoms with Gasteiger partial charge in [-0.05, 0) is 56.4 Å². The van der Waals surface area contributed by atoms with Gasteiger partial charge in [-0.3, -0.25) is 4.79 Å². The van der Waals surface area contributed by atoms with Crippen LogP contribution in [0.5, 0.6) is 0 Å². The molecule has 3 fully saturated rings. The highest BCUT2D eigenvalue weighted by atomic mass is 16.3. The molecule has 0 radical (unpaired) electrons. The van der Waals surface area contributed by atoms with E-state index in [1.54, 1.807) is 0 Å². The van der Waals surface area contributed by atoms with Gasteiger partial charge < -0.3 is 10.0 Å². The lowest BCUT2D eigenvalue weighted by Crippen LogP contribution is -2.61. The number of likely N-dealkylation sites (tertiary alicyclic amines) is 1. The number of hydrogen-bond acceptors (Lipinski definition) is 2. The molecule has 2 atom stereocenters. The summed E-state index contributed by atoms with van der Waals surface area (Å²) in [7, 11) is 0. The quantitative estimate of drug-likeness (QED) is 0.922. The number of nitrogens with zero attached hydrogens (tertiary/aromatic N) is 1. The Labute approximate surface area is 145 Å². The average Bonchev–Trinajstić information content (AvgIpc) is 2.96. The highest BCUT2D eigenvalue weighted by Crippen LogP contribution is 2.53. The van der Waals surface area contributed by atoms with E-state index in [9.17, 15) is 9.90 Å². The zero-order valence-corrected chi connectivity index (χ0v) is 14.9. The number of rotatable bonds is 3. The molecule has 0 aromatic heterocycles. The van der Waals surface area contributed by atoms with Crippen molar-refractivity contribution in [3.8, 4) is 0 Å². The summed E-state index contributed by atoms with van der Waals surface area (Å²) in [6.07, 6.45) is 5.10. The molecule has 3 aliphatic rings. The Bertz CT molecular complexity index is 610. The van der Waals surface area contributed by atoms with Crippen LogP contribution in [0.4, 0.5) is 0 Å². The smallest absolute Gasteiger partial charge is 0.225 e. The molecule has 1 saturated heterocycles. The van der Waals surface area contributed by atoms with Gasteiger partial charge >= 0.3 is 0 Å². The Kier molecular flexibility index (Phi) is 3.76. The van der Waals surface area contributed by atoms with Gasteiger partial charge in [-0.2, -0.15) is 0 Å². The van der Waals surface area contributed by atoms with Gasteiger partial charge in [0, 0.05) is 24.4 Å². The third-order valence-corrected chi connectivity index (χ3v) is 6.86. The fourth-order valence-electron chi connectivity index (χ4n) is 5.35. The van der Waals surface area contributed by atoms with Gasteiger partial charge in [-0.25, -0.2) is 0 Å². The SMILES string of the molecule is C[C@@H](c1ccccc1)[C@@H]1CCC2(C1)CN(C(=O)C1CC(C)(O)C1)C2. The number of aliphatic hydroxyl groups is 1. The van der Waals surface area contributed by atoms with Gasteiger partial charge in [0.25, 0.3) is 0 Å². The van der Waals surface area contributed by atoms with Crippen LogP contribution >= 0.6 is 0 Å². The van der Waals surface area contributed by atoms with Crippen molar-refractivity contribution >= 4 is 5.91 Å². The second-order valence-electron chi connectivity index (χ2n) is 9.00. The van der Waals surface area contributed by atoms with Crippen LogP contribution in [0.3, 0.4) is 0 Å². The first kappa shape index (κ1) is 16.1. The molecule has 3 heteroatoms. The molecule has 1 heterocycles. The van der Waals surface area contributed by atoms with Gasteiger partial charge in [0.1, 0.15) is 0 Å². The second kappa shape index (κ2) is 5.59. The number of hydrogen-bond donors (Lipinski definition) is 1. The van der Waals surface area contributed by atoms with Crippen LogP contribution in [0.25, 0.3) is 0 Å². The molecule has 1 aliphatic heterocycles. The molecule has 1 amide bonds. The predicted molar refractivity (Wildman–Crippen MR) is 94.6 cm³/mol. The Morgan fingerprint density at radius 3 is 2.50 bits per heavy atom. The maximum absolute atomic E-state index is 12.5. The van der Waals surface area contributed by atoms with Gasteiger partial charge in [-0.1, -0.05) is 37.3 Å². The highest BCUT2D eigenvalue weighted by Gasteiger charge is 2.53. The molecular weight excluding hydrogens is 298 g/mol. The molecule has 1 aromatic carbocycles. The minimum Gasteiger partial charge on any atom is -0.390 e. The van der Waals surface area contributed by atoms with Crippen molar-refractivity contribution in [2.75, 3.05) is 13.1 Å². The van der Waals surface area contributed by atoms with Gasteiger partial charge in [0.15, 0.2) is 0 Å². The summed E-state index contributed by atoms with van der Waals surface area (Å²) in [4.78, 5) is 14.5. The Balaban J connectivity index is 1.31. The summed E-state index contributed by atoms with van der Waals surface area (Å²) in [5, 5.41) is 9.84. The van der Waals surface area contributed by atoms with Crippen molar-refractivity contribution in [2.45, 2.75) is 57.5 Å². The van der Waals surface area contributed by atoms with Crippen LogP contribution < -0.4 is 0 Å². The average molecular weight is 327 g/mol. The fourth-order valence-corrected chi connectivity index (χ4v) is 5.35. The van der Waals surface area contributed by atoms with Crippen molar-refractivity contribution in [2.24, 2.45) is 17.3 Å². The van der Waals surface area contributed by atoms with Crippen molar-refractivity contribution in [1.82, 2.24) is 4.90 Å². The Morgan fingerprint density at radius 2 is 1.88 bits per heavy atom. The molecule has 2 saturated carbocycles. The first-order valence-electron chi connectivity index (χ1n) is 9.44. The Morgan fingerprint density at radius 1 is 1.21 bits per heavy atom. The zero-order chi connectivity index (χ0) is 16.9. The van der Waals surface area contributed by atoms with E-state index in [1.165, 1.54) is 24.8 Å². The van der Waals surface area contributed by atoms with E-state index in [1.807, 2.05) is 6.92 Å². The van der Waals surface area contributed by atoms with Crippen molar-refractivity contribution < 1.29 is 9.90 Å². The fraction of sp³-hybridized carbons (Fsp3) is 0.667. The van der Waals surface area contributed by atoms with Gasteiger partial charge in [0.2, 0.25) is 5.91 Å². The molecule has 1 spiro atoms. The number of benzene rings is 1.